The van der Waals surface area contributed by atoms with Gasteiger partial charge in [0, 0.05) is 18.0 Å². The lowest BCUT2D eigenvalue weighted by molar-refractivity contribution is 0.0549. The molecule has 0 fully saturated rings. The number of hydrogen-bond acceptors (Lipinski definition) is 4. The second-order valence-corrected chi connectivity index (χ2v) is 6.10. The van der Waals surface area contributed by atoms with Crippen LogP contribution in [-0.4, -0.2) is 23.5 Å². The minimum absolute atomic E-state index is 0.114. The van der Waals surface area contributed by atoms with Crippen LogP contribution in [0.3, 0.4) is 0 Å². The quantitative estimate of drug-likeness (QED) is 0.926. The van der Waals surface area contributed by atoms with Gasteiger partial charge in [0.05, 0.1) is 6.61 Å². The molecule has 3 rings (SSSR count). The Bertz CT molecular complexity index is 726. The number of benzene rings is 1. The first kappa shape index (κ1) is 14.7. The summed E-state index contributed by atoms with van der Waals surface area (Å²) < 4.78 is 5.76. The third-order valence-electron chi connectivity index (χ3n) is 4.10. The molecule has 1 aliphatic heterocycles. The highest BCUT2D eigenvalue weighted by Gasteiger charge is 2.32. The van der Waals surface area contributed by atoms with Gasteiger partial charge in [0.15, 0.2) is 0 Å². The Hall–Kier alpha value is -2.20. The van der Waals surface area contributed by atoms with Gasteiger partial charge in [-0.1, -0.05) is 18.2 Å². The molecule has 0 spiro atoms. The maximum Gasteiger partial charge on any atom is 0.124 e. The summed E-state index contributed by atoms with van der Waals surface area (Å²) in [4.78, 5) is 8.94. The summed E-state index contributed by atoms with van der Waals surface area (Å²) in [6.45, 7) is 6.56. The molecule has 0 aliphatic carbocycles. The zero-order chi connectivity index (χ0) is 15.7. The monoisotopic (exact) mass is 295 g/mol. The van der Waals surface area contributed by atoms with Crippen LogP contribution >= 0.6 is 0 Å². The Balaban J connectivity index is 2.01. The summed E-state index contributed by atoms with van der Waals surface area (Å²) in [6.07, 6.45) is 3.62. The number of amidine groups is 1. The van der Waals surface area contributed by atoms with Crippen molar-refractivity contribution in [3.05, 3.63) is 53.9 Å². The Morgan fingerprint density at radius 1 is 1.23 bits per heavy atom. The van der Waals surface area contributed by atoms with Crippen LogP contribution in [0.25, 0.3) is 11.1 Å². The molecule has 2 aromatic rings. The maximum absolute atomic E-state index is 5.98. The Kier molecular flexibility index (Phi) is 3.71. The zero-order valence-electron chi connectivity index (χ0n) is 13.2. The number of ether oxygens (including phenoxy) is 1. The van der Waals surface area contributed by atoms with Crippen LogP contribution in [0.5, 0.6) is 0 Å². The number of pyridine rings is 1. The highest BCUT2D eigenvalue weighted by atomic mass is 16.5. The highest BCUT2D eigenvalue weighted by Crippen LogP contribution is 2.32. The van der Waals surface area contributed by atoms with E-state index in [2.05, 4.69) is 41.2 Å². The van der Waals surface area contributed by atoms with Crippen molar-refractivity contribution in [2.75, 3.05) is 6.61 Å². The van der Waals surface area contributed by atoms with Crippen LogP contribution < -0.4 is 5.73 Å². The van der Waals surface area contributed by atoms with Gasteiger partial charge in [-0.15, -0.1) is 0 Å². The van der Waals surface area contributed by atoms with Crippen LogP contribution in [0.15, 0.2) is 47.7 Å². The van der Waals surface area contributed by atoms with Crippen molar-refractivity contribution in [1.29, 1.82) is 0 Å². The topological polar surface area (TPSA) is 60.5 Å². The van der Waals surface area contributed by atoms with Crippen LogP contribution in [0, 0.1) is 6.92 Å². The minimum atomic E-state index is -0.441. The number of rotatable bonds is 2. The number of aliphatic imine (C=N–C) groups is 1. The van der Waals surface area contributed by atoms with Crippen molar-refractivity contribution in [3.8, 4) is 11.1 Å². The highest BCUT2D eigenvalue weighted by molar-refractivity contribution is 5.85. The lowest BCUT2D eigenvalue weighted by Gasteiger charge is -2.33. The predicted molar refractivity (Wildman–Crippen MR) is 88.8 cm³/mol. The van der Waals surface area contributed by atoms with Crippen LogP contribution in [0.1, 0.15) is 25.0 Å². The van der Waals surface area contributed by atoms with E-state index in [4.69, 9.17) is 10.5 Å². The average molecular weight is 295 g/mol. The number of hydrogen-bond donors (Lipinski definition) is 1. The van der Waals surface area contributed by atoms with Crippen LogP contribution in [-0.2, 0) is 10.3 Å². The molecule has 0 amide bonds. The zero-order valence-corrected chi connectivity index (χ0v) is 13.2. The smallest absolute Gasteiger partial charge is 0.124 e. The lowest BCUT2D eigenvalue weighted by atomic mass is 9.90. The van der Waals surface area contributed by atoms with Gasteiger partial charge in [0.2, 0.25) is 0 Å². The second-order valence-electron chi connectivity index (χ2n) is 6.10. The van der Waals surface area contributed by atoms with Crippen molar-refractivity contribution >= 4 is 5.84 Å². The van der Waals surface area contributed by atoms with Crippen molar-refractivity contribution in [1.82, 2.24) is 4.98 Å². The van der Waals surface area contributed by atoms with E-state index in [0.717, 1.165) is 22.3 Å². The number of aryl methyl sites for hydroxylation is 1. The van der Waals surface area contributed by atoms with Crippen molar-refractivity contribution in [2.24, 2.45) is 10.7 Å². The van der Waals surface area contributed by atoms with E-state index in [9.17, 15) is 0 Å². The van der Waals surface area contributed by atoms with E-state index >= 15 is 0 Å². The van der Waals surface area contributed by atoms with Crippen LogP contribution in [0.2, 0.25) is 0 Å². The SMILES string of the molecule is Cc1cncc(-c2cccc(C3(C)COC(C)C(N)=N3)c2)c1. The molecular weight excluding hydrogens is 274 g/mol. The molecule has 4 nitrogen and oxygen atoms in total. The van der Waals surface area contributed by atoms with E-state index < -0.39 is 5.54 Å². The van der Waals surface area contributed by atoms with Gasteiger partial charge in [-0.05, 0) is 49.6 Å². The fourth-order valence-electron chi connectivity index (χ4n) is 2.68. The average Bonchev–Trinajstić information content (AvgIpc) is 2.52. The molecule has 0 saturated heterocycles. The van der Waals surface area contributed by atoms with Gasteiger partial charge in [-0.25, -0.2) is 0 Å². The second kappa shape index (κ2) is 5.54. The summed E-state index contributed by atoms with van der Waals surface area (Å²) >= 11 is 0. The van der Waals surface area contributed by atoms with Gasteiger partial charge < -0.3 is 10.5 Å². The summed E-state index contributed by atoms with van der Waals surface area (Å²) in [5.41, 5.74) is 10.0. The normalized spacial score (nSPS) is 24.9. The van der Waals surface area contributed by atoms with Crippen molar-refractivity contribution in [3.63, 3.8) is 0 Å². The molecule has 114 valence electrons. The predicted octanol–water partition coefficient (Wildman–Crippen LogP) is 3.05. The summed E-state index contributed by atoms with van der Waals surface area (Å²) in [5.74, 6) is 0.552. The minimum Gasteiger partial charge on any atom is -0.385 e. The van der Waals surface area contributed by atoms with Crippen molar-refractivity contribution < 1.29 is 4.74 Å². The molecule has 0 radical (unpaired) electrons. The third kappa shape index (κ3) is 2.74. The van der Waals surface area contributed by atoms with E-state index in [1.54, 1.807) is 0 Å². The van der Waals surface area contributed by atoms with E-state index in [1.807, 2.05) is 32.3 Å². The Morgan fingerprint density at radius 2 is 2.05 bits per heavy atom. The van der Waals surface area contributed by atoms with E-state index in [-0.39, 0.29) is 6.10 Å². The molecule has 0 saturated carbocycles. The van der Waals surface area contributed by atoms with Crippen LogP contribution in [0.4, 0.5) is 0 Å². The molecule has 4 heteroatoms. The van der Waals surface area contributed by atoms with Gasteiger partial charge in [-0.2, -0.15) is 0 Å². The fourth-order valence-corrected chi connectivity index (χ4v) is 2.68. The third-order valence-corrected chi connectivity index (χ3v) is 4.10. The Morgan fingerprint density at radius 3 is 2.77 bits per heavy atom. The first-order valence-corrected chi connectivity index (χ1v) is 7.47. The Labute approximate surface area is 131 Å². The maximum atomic E-state index is 5.98. The molecule has 2 heterocycles. The standard InChI is InChI=1S/C18H21N3O/c1-12-7-15(10-20-9-12)14-5-4-6-16(8-14)18(3)11-22-13(2)17(19)21-18/h4-10,13H,11H2,1-3H3,(H2,19,21). The largest absolute Gasteiger partial charge is 0.385 e. The summed E-state index contributed by atoms with van der Waals surface area (Å²) in [5, 5.41) is 0. The van der Waals surface area contributed by atoms with E-state index in [0.29, 0.717) is 12.4 Å². The van der Waals surface area contributed by atoms with Gasteiger partial charge in [0.1, 0.15) is 17.5 Å². The number of aromatic nitrogens is 1. The van der Waals surface area contributed by atoms with E-state index in [1.165, 1.54) is 0 Å². The molecule has 0 bridgehead atoms. The lowest BCUT2D eigenvalue weighted by Crippen LogP contribution is -2.42. The molecule has 1 aliphatic rings. The molecule has 2 atom stereocenters. The van der Waals surface area contributed by atoms with Gasteiger partial charge >= 0.3 is 0 Å². The van der Waals surface area contributed by atoms with Crippen molar-refractivity contribution in [2.45, 2.75) is 32.4 Å². The molecule has 1 aromatic carbocycles. The first-order chi connectivity index (χ1) is 10.5. The first-order valence-electron chi connectivity index (χ1n) is 7.47. The molecule has 1 aromatic heterocycles. The summed E-state index contributed by atoms with van der Waals surface area (Å²) in [6, 6.07) is 10.5. The molecule has 2 N–H and O–H groups in total. The number of nitrogens with zero attached hydrogens (tertiary/aromatic N) is 2. The molecule has 2 unspecified atom stereocenters. The summed E-state index contributed by atoms with van der Waals surface area (Å²) in [7, 11) is 0. The van der Waals surface area contributed by atoms with Gasteiger partial charge in [0.25, 0.3) is 0 Å². The van der Waals surface area contributed by atoms with Gasteiger partial charge in [-0.3, -0.25) is 9.98 Å². The molecule has 22 heavy (non-hydrogen) atoms. The molecular formula is C18H21N3O. The number of nitrogens with two attached hydrogens (primary N) is 1. The fraction of sp³-hybridized carbons (Fsp3) is 0.333.